The minimum absolute atomic E-state index is 0.0438. The molecule has 0 aliphatic heterocycles. The molecule has 4 rings (SSSR count). The van der Waals surface area contributed by atoms with Gasteiger partial charge in [0.25, 0.3) is 0 Å². The van der Waals surface area contributed by atoms with Crippen molar-refractivity contribution in [3.63, 3.8) is 0 Å². The van der Waals surface area contributed by atoms with E-state index >= 15 is 0 Å². The lowest BCUT2D eigenvalue weighted by Crippen LogP contribution is -2.03. The normalized spacial score (nSPS) is 11.3. The van der Waals surface area contributed by atoms with Gasteiger partial charge in [0, 0.05) is 52.5 Å². The fraction of sp³-hybridized carbons (Fsp3) is 0.120. The Morgan fingerprint density at radius 1 is 0.903 bits per heavy atom. The summed E-state index contributed by atoms with van der Waals surface area (Å²) in [4.78, 5) is 40.8. The van der Waals surface area contributed by atoms with Gasteiger partial charge in [0.05, 0.1) is 0 Å². The monoisotopic (exact) mass is 412 g/mol. The maximum Gasteiger partial charge on any atom is 0.331 e. The molecular weight excluding hydrogens is 392 g/mol. The van der Waals surface area contributed by atoms with Crippen molar-refractivity contribution in [3.05, 3.63) is 82.9 Å². The second kappa shape index (κ2) is 7.99. The molecule has 0 atom stereocenters. The number of Topliss-reactive ketones (excluding diaryl/α,β-unsaturated/α-hetero) is 1. The number of aromatic nitrogens is 1. The molecule has 0 amide bonds. The highest BCUT2D eigenvalue weighted by Gasteiger charge is 2.16. The van der Waals surface area contributed by atoms with Crippen LogP contribution in [0.25, 0.3) is 21.8 Å². The van der Waals surface area contributed by atoms with E-state index in [0.29, 0.717) is 16.7 Å². The Hall–Kier alpha value is -4.06. The fourth-order valence-corrected chi connectivity index (χ4v) is 3.72. The molecule has 0 radical (unpaired) electrons. The average Bonchev–Trinajstić information content (AvgIpc) is 3.04. The molecule has 6 heteroatoms. The standard InChI is InChI=1S/C25H20N2O4/c1-15-6-4-5-7-19(15)25(30)18-9-11-23-21(13-18)20-12-17(8-10-22(20)27(23)3)24(29)14-26-31-16(2)28/h4-14H,1-3H3. The van der Waals surface area contributed by atoms with Crippen LogP contribution in [0.4, 0.5) is 0 Å². The maximum atomic E-state index is 13.1. The van der Waals surface area contributed by atoms with Crippen molar-refractivity contribution in [2.24, 2.45) is 12.2 Å². The van der Waals surface area contributed by atoms with Crippen molar-refractivity contribution in [2.45, 2.75) is 13.8 Å². The summed E-state index contributed by atoms with van der Waals surface area (Å²) in [6.45, 7) is 3.12. The van der Waals surface area contributed by atoms with Crippen LogP contribution in [-0.4, -0.2) is 28.3 Å². The lowest BCUT2D eigenvalue weighted by Gasteiger charge is -2.05. The SMILES string of the molecule is CC(=O)ON=CC(=O)c1ccc2c(c1)c1cc(C(=O)c3ccccc3C)ccc1n2C. The highest BCUT2D eigenvalue weighted by atomic mass is 16.7. The second-order valence-corrected chi connectivity index (χ2v) is 7.35. The number of rotatable bonds is 5. The fourth-order valence-electron chi connectivity index (χ4n) is 3.72. The number of benzene rings is 3. The first-order chi connectivity index (χ1) is 14.9. The molecule has 0 spiro atoms. The molecule has 0 aliphatic carbocycles. The van der Waals surface area contributed by atoms with E-state index in [1.54, 1.807) is 12.1 Å². The zero-order chi connectivity index (χ0) is 22.1. The Balaban J connectivity index is 1.80. The first-order valence-corrected chi connectivity index (χ1v) is 9.74. The highest BCUT2D eigenvalue weighted by molar-refractivity contribution is 6.36. The number of oxime groups is 1. The molecule has 4 aromatic rings. The number of aryl methyl sites for hydroxylation is 2. The van der Waals surface area contributed by atoms with Gasteiger partial charge in [0.1, 0.15) is 6.21 Å². The molecule has 1 heterocycles. The zero-order valence-corrected chi connectivity index (χ0v) is 17.4. The molecule has 31 heavy (non-hydrogen) atoms. The van der Waals surface area contributed by atoms with Crippen LogP contribution in [0.1, 0.15) is 38.8 Å². The quantitative estimate of drug-likeness (QED) is 0.208. The van der Waals surface area contributed by atoms with E-state index in [9.17, 15) is 14.4 Å². The maximum absolute atomic E-state index is 13.1. The first-order valence-electron chi connectivity index (χ1n) is 9.74. The predicted molar refractivity (Wildman–Crippen MR) is 120 cm³/mol. The molecule has 0 bridgehead atoms. The molecule has 154 valence electrons. The third-order valence-corrected chi connectivity index (χ3v) is 5.29. The summed E-state index contributed by atoms with van der Waals surface area (Å²) in [5.41, 5.74) is 4.47. The minimum atomic E-state index is -0.598. The number of nitrogens with zero attached hydrogens (tertiary/aromatic N) is 2. The third kappa shape index (κ3) is 3.75. The van der Waals surface area contributed by atoms with Crippen LogP contribution in [0.3, 0.4) is 0 Å². The van der Waals surface area contributed by atoms with Gasteiger partial charge in [-0.3, -0.25) is 9.59 Å². The summed E-state index contributed by atoms with van der Waals surface area (Å²) < 4.78 is 2.02. The Kier molecular flexibility index (Phi) is 5.21. The van der Waals surface area contributed by atoms with Gasteiger partial charge in [-0.2, -0.15) is 0 Å². The highest BCUT2D eigenvalue weighted by Crippen LogP contribution is 2.30. The van der Waals surface area contributed by atoms with Crippen molar-refractivity contribution < 1.29 is 19.2 Å². The smallest absolute Gasteiger partial charge is 0.331 e. The number of carbonyl (C=O) groups excluding carboxylic acids is 3. The van der Waals surface area contributed by atoms with Crippen molar-refractivity contribution in [3.8, 4) is 0 Å². The van der Waals surface area contributed by atoms with E-state index in [4.69, 9.17) is 0 Å². The van der Waals surface area contributed by atoms with E-state index in [0.717, 1.165) is 33.6 Å². The lowest BCUT2D eigenvalue weighted by molar-refractivity contribution is -0.140. The minimum Gasteiger partial charge on any atom is -0.344 e. The second-order valence-electron chi connectivity index (χ2n) is 7.35. The Bertz CT molecular complexity index is 1400. The van der Waals surface area contributed by atoms with E-state index in [-0.39, 0.29) is 11.6 Å². The summed E-state index contributed by atoms with van der Waals surface area (Å²) in [7, 11) is 1.94. The summed E-state index contributed by atoms with van der Waals surface area (Å²) in [5, 5.41) is 5.13. The van der Waals surface area contributed by atoms with E-state index in [2.05, 4.69) is 9.99 Å². The van der Waals surface area contributed by atoms with E-state index in [1.807, 2.05) is 67.1 Å². The van der Waals surface area contributed by atoms with Crippen LogP contribution in [-0.2, 0) is 16.7 Å². The van der Waals surface area contributed by atoms with E-state index < -0.39 is 5.97 Å². The van der Waals surface area contributed by atoms with Crippen molar-refractivity contribution in [1.29, 1.82) is 0 Å². The predicted octanol–water partition coefficient (Wildman–Crippen LogP) is 4.60. The van der Waals surface area contributed by atoms with Crippen molar-refractivity contribution in [2.75, 3.05) is 0 Å². The van der Waals surface area contributed by atoms with Gasteiger partial charge in [-0.15, -0.1) is 0 Å². The molecule has 0 unspecified atom stereocenters. The molecule has 0 N–H and O–H groups in total. The molecule has 0 saturated heterocycles. The number of hydrogen-bond acceptors (Lipinski definition) is 5. The molecule has 6 nitrogen and oxygen atoms in total. The zero-order valence-electron chi connectivity index (χ0n) is 17.4. The lowest BCUT2D eigenvalue weighted by atomic mass is 9.97. The van der Waals surface area contributed by atoms with Gasteiger partial charge < -0.3 is 9.40 Å². The van der Waals surface area contributed by atoms with Crippen molar-refractivity contribution in [1.82, 2.24) is 4.57 Å². The van der Waals surface area contributed by atoms with Gasteiger partial charge in [-0.1, -0.05) is 29.4 Å². The third-order valence-electron chi connectivity index (χ3n) is 5.29. The van der Waals surface area contributed by atoms with Crippen LogP contribution in [0.15, 0.2) is 65.8 Å². The molecule has 1 aromatic heterocycles. The summed E-state index contributed by atoms with van der Waals surface area (Å²) in [5.74, 6) is -1.02. The van der Waals surface area contributed by atoms with Gasteiger partial charge in [-0.05, 0) is 48.9 Å². The molecular formula is C25H20N2O4. The van der Waals surface area contributed by atoms with Gasteiger partial charge in [0.2, 0.25) is 5.78 Å². The van der Waals surface area contributed by atoms with Crippen molar-refractivity contribution >= 4 is 45.6 Å². The van der Waals surface area contributed by atoms with Crippen LogP contribution in [0.5, 0.6) is 0 Å². The van der Waals surface area contributed by atoms with Gasteiger partial charge in [0.15, 0.2) is 5.78 Å². The summed E-state index contributed by atoms with van der Waals surface area (Å²) >= 11 is 0. The van der Waals surface area contributed by atoms with Crippen LogP contribution in [0.2, 0.25) is 0 Å². The van der Waals surface area contributed by atoms with E-state index in [1.165, 1.54) is 6.92 Å². The summed E-state index contributed by atoms with van der Waals surface area (Å²) in [6, 6.07) is 18.4. The van der Waals surface area contributed by atoms with Crippen LogP contribution >= 0.6 is 0 Å². The van der Waals surface area contributed by atoms with Crippen LogP contribution in [0, 0.1) is 6.92 Å². The number of carbonyl (C=O) groups is 3. The topological polar surface area (TPSA) is 77.7 Å². The Labute approximate surface area is 178 Å². The number of fused-ring (bicyclic) bond motifs is 3. The number of ketones is 2. The summed E-state index contributed by atoms with van der Waals surface area (Å²) in [6.07, 6.45) is 0.973. The Morgan fingerprint density at radius 3 is 2.16 bits per heavy atom. The molecule has 0 saturated carbocycles. The van der Waals surface area contributed by atoms with Gasteiger partial charge in [-0.25, -0.2) is 4.79 Å². The average molecular weight is 412 g/mol. The molecule has 3 aromatic carbocycles. The Morgan fingerprint density at radius 2 is 1.52 bits per heavy atom. The number of hydrogen-bond donors (Lipinski definition) is 0. The van der Waals surface area contributed by atoms with Gasteiger partial charge >= 0.3 is 5.97 Å². The largest absolute Gasteiger partial charge is 0.344 e. The first kappa shape index (κ1) is 20.2. The molecule has 0 aliphatic rings. The van der Waals surface area contributed by atoms with Crippen LogP contribution < -0.4 is 0 Å². The molecule has 0 fully saturated rings.